The molecule has 3 rings (SSSR count). The Balaban J connectivity index is 1.50. The fourth-order valence-electron chi connectivity index (χ4n) is 3.30. The van der Waals surface area contributed by atoms with E-state index in [1.54, 1.807) is 6.42 Å². The van der Waals surface area contributed by atoms with Crippen LogP contribution in [0.25, 0.3) is 0 Å². The quantitative estimate of drug-likeness (QED) is 0.753. The van der Waals surface area contributed by atoms with Crippen molar-refractivity contribution < 1.29 is 0 Å². The molecule has 0 spiro atoms. The zero-order valence-electron chi connectivity index (χ0n) is 9.04. The van der Waals surface area contributed by atoms with E-state index in [-0.39, 0.29) is 0 Å². The van der Waals surface area contributed by atoms with Crippen molar-refractivity contribution >= 4 is 11.8 Å². The van der Waals surface area contributed by atoms with E-state index in [1.807, 2.05) is 0 Å². The summed E-state index contributed by atoms with van der Waals surface area (Å²) in [5, 5.41) is 4.76. The van der Waals surface area contributed by atoms with Crippen molar-refractivity contribution in [2.45, 2.75) is 56.4 Å². The molecule has 1 saturated heterocycles. The highest BCUT2D eigenvalue weighted by Gasteiger charge is 2.46. The summed E-state index contributed by atoms with van der Waals surface area (Å²) in [5.41, 5.74) is 0. The van der Waals surface area contributed by atoms with E-state index in [4.69, 9.17) is 0 Å². The molecule has 0 aromatic heterocycles. The van der Waals surface area contributed by atoms with Crippen molar-refractivity contribution in [3.05, 3.63) is 0 Å². The topological polar surface area (TPSA) is 12.0 Å². The van der Waals surface area contributed by atoms with Crippen LogP contribution in [0.3, 0.4) is 0 Å². The van der Waals surface area contributed by atoms with Crippen LogP contribution in [0.15, 0.2) is 0 Å². The molecule has 2 heteroatoms. The maximum atomic E-state index is 3.91. The third-order valence-electron chi connectivity index (χ3n) is 4.30. The molecule has 2 aliphatic carbocycles. The summed E-state index contributed by atoms with van der Waals surface area (Å²) in [6, 6.07) is 1.70. The Hall–Kier alpha value is 0.310. The average molecular weight is 211 g/mol. The van der Waals surface area contributed by atoms with Crippen LogP contribution in [-0.4, -0.2) is 23.1 Å². The van der Waals surface area contributed by atoms with Gasteiger partial charge in [-0.1, -0.05) is 6.92 Å². The van der Waals surface area contributed by atoms with E-state index in [0.717, 1.165) is 29.2 Å². The highest BCUT2D eigenvalue weighted by molar-refractivity contribution is 7.99. The summed E-state index contributed by atoms with van der Waals surface area (Å²) < 4.78 is 0. The fourth-order valence-corrected chi connectivity index (χ4v) is 4.45. The van der Waals surface area contributed by atoms with Gasteiger partial charge in [0.05, 0.1) is 0 Å². The van der Waals surface area contributed by atoms with Gasteiger partial charge in [-0.2, -0.15) is 11.8 Å². The smallest absolute Gasteiger partial charge is 0.0186 e. The lowest BCUT2D eigenvalue weighted by atomic mass is 10.0. The van der Waals surface area contributed by atoms with Gasteiger partial charge in [-0.3, -0.25) is 0 Å². The summed E-state index contributed by atoms with van der Waals surface area (Å²) in [6.07, 6.45) is 7.36. The van der Waals surface area contributed by atoms with Crippen LogP contribution in [0.2, 0.25) is 0 Å². The average Bonchev–Trinajstić information content (AvgIpc) is 2.79. The first-order valence-corrected chi connectivity index (χ1v) is 7.25. The normalized spacial score (nSPS) is 51.6. The number of thioether (sulfide) groups is 1. The summed E-state index contributed by atoms with van der Waals surface area (Å²) in [6.45, 7) is 2.40. The van der Waals surface area contributed by atoms with Gasteiger partial charge in [-0.05, 0) is 49.7 Å². The number of nitrogens with one attached hydrogen (secondary N) is 1. The van der Waals surface area contributed by atoms with Crippen LogP contribution in [-0.2, 0) is 0 Å². The van der Waals surface area contributed by atoms with Gasteiger partial charge in [-0.25, -0.2) is 0 Å². The first-order chi connectivity index (χ1) is 6.83. The molecule has 1 heterocycles. The van der Waals surface area contributed by atoms with Gasteiger partial charge >= 0.3 is 0 Å². The van der Waals surface area contributed by atoms with E-state index in [0.29, 0.717) is 0 Å². The molecule has 3 fully saturated rings. The number of rotatable bonds is 2. The molecule has 4 atom stereocenters. The predicted octanol–water partition coefficient (Wildman–Crippen LogP) is 2.66. The highest BCUT2D eigenvalue weighted by Crippen LogP contribution is 2.51. The van der Waals surface area contributed by atoms with Gasteiger partial charge in [-0.15, -0.1) is 0 Å². The van der Waals surface area contributed by atoms with Gasteiger partial charge in [0.15, 0.2) is 0 Å². The lowest BCUT2D eigenvalue weighted by Crippen LogP contribution is -2.44. The van der Waals surface area contributed by atoms with Gasteiger partial charge in [0.1, 0.15) is 0 Å². The number of hydrogen-bond donors (Lipinski definition) is 1. The Morgan fingerprint density at radius 2 is 1.93 bits per heavy atom. The minimum absolute atomic E-state index is 0.816. The van der Waals surface area contributed by atoms with Crippen LogP contribution in [0.5, 0.6) is 0 Å². The van der Waals surface area contributed by atoms with E-state index in [9.17, 15) is 0 Å². The molecule has 14 heavy (non-hydrogen) atoms. The first kappa shape index (κ1) is 9.53. The van der Waals surface area contributed by atoms with Gasteiger partial charge in [0.25, 0.3) is 0 Å². The third kappa shape index (κ3) is 1.83. The monoisotopic (exact) mass is 211 g/mol. The van der Waals surface area contributed by atoms with Crippen molar-refractivity contribution in [1.82, 2.24) is 5.32 Å². The van der Waals surface area contributed by atoms with E-state index >= 15 is 0 Å². The molecule has 80 valence electrons. The largest absolute Gasteiger partial charge is 0.310 e. The van der Waals surface area contributed by atoms with Gasteiger partial charge in [0.2, 0.25) is 0 Å². The zero-order chi connectivity index (χ0) is 9.54. The molecule has 1 N–H and O–H groups in total. The summed E-state index contributed by atoms with van der Waals surface area (Å²) in [7, 11) is 0. The predicted molar refractivity (Wildman–Crippen MR) is 62.7 cm³/mol. The molecular weight excluding hydrogens is 190 g/mol. The van der Waals surface area contributed by atoms with Crippen LogP contribution >= 0.6 is 11.8 Å². The molecule has 3 aliphatic rings. The van der Waals surface area contributed by atoms with Crippen LogP contribution < -0.4 is 5.32 Å². The maximum Gasteiger partial charge on any atom is 0.0186 e. The highest BCUT2D eigenvalue weighted by atomic mass is 32.2. The second-order valence-corrected chi connectivity index (χ2v) is 6.90. The minimum Gasteiger partial charge on any atom is -0.310 e. The molecule has 1 aliphatic heterocycles. The van der Waals surface area contributed by atoms with Crippen LogP contribution in [0.1, 0.15) is 39.0 Å². The lowest BCUT2D eigenvalue weighted by Gasteiger charge is -2.32. The maximum absolute atomic E-state index is 3.91. The Morgan fingerprint density at radius 3 is 2.64 bits per heavy atom. The van der Waals surface area contributed by atoms with Gasteiger partial charge < -0.3 is 5.32 Å². The van der Waals surface area contributed by atoms with Crippen molar-refractivity contribution in [3.63, 3.8) is 0 Å². The standard InChI is InChI=1S/C12H21NS/c1-8-12(3-2-4-14-8)13-11-6-9-5-10(9)7-11/h8-13H,2-7H2,1H3. The summed E-state index contributed by atoms with van der Waals surface area (Å²) in [4.78, 5) is 0. The lowest BCUT2D eigenvalue weighted by molar-refractivity contribution is 0.380. The minimum atomic E-state index is 0.816. The molecule has 4 unspecified atom stereocenters. The molecule has 0 amide bonds. The first-order valence-electron chi connectivity index (χ1n) is 6.20. The zero-order valence-corrected chi connectivity index (χ0v) is 9.85. The Kier molecular flexibility index (Phi) is 2.53. The van der Waals surface area contributed by atoms with Crippen LogP contribution in [0.4, 0.5) is 0 Å². The molecular formula is C12H21NS. The van der Waals surface area contributed by atoms with E-state index < -0.39 is 0 Å². The Labute approximate surface area is 91.4 Å². The van der Waals surface area contributed by atoms with Crippen molar-refractivity contribution in [3.8, 4) is 0 Å². The fraction of sp³-hybridized carbons (Fsp3) is 1.00. The molecule has 2 saturated carbocycles. The Bertz CT molecular complexity index is 208. The van der Waals surface area contributed by atoms with Crippen LogP contribution in [0, 0.1) is 11.8 Å². The van der Waals surface area contributed by atoms with Crippen molar-refractivity contribution in [2.24, 2.45) is 11.8 Å². The SMILES string of the molecule is CC1SCCCC1NC1CC2CC2C1. The van der Waals surface area contributed by atoms with E-state index in [1.165, 1.54) is 31.4 Å². The number of hydrogen-bond acceptors (Lipinski definition) is 2. The molecule has 0 aromatic carbocycles. The molecule has 0 aromatic rings. The summed E-state index contributed by atoms with van der Waals surface area (Å²) >= 11 is 2.16. The molecule has 0 radical (unpaired) electrons. The number of fused-ring (bicyclic) bond motifs is 1. The third-order valence-corrected chi connectivity index (χ3v) is 5.68. The van der Waals surface area contributed by atoms with E-state index in [2.05, 4.69) is 24.0 Å². The van der Waals surface area contributed by atoms with Gasteiger partial charge in [0, 0.05) is 17.3 Å². The molecule has 0 bridgehead atoms. The summed E-state index contributed by atoms with van der Waals surface area (Å²) in [5.74, 6) is 3.63. The van der Waals surface area contributed by atoms with Crippen molar-refractivity contribution in [2.75, 3.05) is 5.75 Å². The molecule has 1 nitrogen and oxygen atoms in total. The second-order valence-electron chi connectivity index (χ2n) is 5.42. The second kappa shape index (κ2) is 3.71. The Morgan fingerprint density at radius 1 is 1.14 bits per heavy atom. The van der Waals surface area contributed by atoms with Crippen molar-refractivity contribution in [1.29, 1.82) is 0 Å².